The number of nitrogens with zero attached hydrogens (tertiary/aromatic N) is 3. The van der Waals surface area contributed by atoms with Crippen molar-refractivity contribution in [1.29, 1.82) is 0 Å². The van der Waals surface area contributed by atoms with Crippen LogP contribution in [0, 0.1) is 0 Å². The molecule has 3 heterocycles. The molecule has 2 amide bonds. The van der Waals surface area contributed by atoms with Crippen molar-refractivity contribution in [2.24, 2.45) is 0 Å². The van der Waals surface area contributed by atoms with E-state index in [2.05, 4.69) is 4.98 Å². The first kappa shape index (κ1) is 16.5. The van der Waals surface area contributed by atoms with Crippen LogP contribution < -0.4 is 4.90 Å². The van der Waals surface area contributed by atoms with Crippen LogP contribution in [-0.2, 0) is 22.5 Å². The van der Waals surface area contributed by atoms with Crippen molar-refractivity contribution in [3.63, 3.8) is 0 Å². The first-order valence-corrected chi connectivity index (χ1v) is 8.89. The Hall–Kier alpha value is -1.34. The second-order valence-electron chi connectivity index (χ2n) is 6.82. The minimum absolute atomic E-state index is 0.0140. The van der Waals surface area contributed by atoms with Crippen LogP contribution in [0.25, 0.3) is 0 Å². The Bertz CT molecular complexity index is 640. The summed E-state index contributed by atoms with van der Waals surface area (Å²) in [6.45, 7) is 7.12. The third-order valence-corrected chi connectivity index (χ3v) is 5.08. The zero-order chi connectivity index (χ0) is 16.8. The quantitative estimate of drug-likeness (QED) is 0.725. The Morgan fingerprint density at radius 3 is 2.78 bits per heavy atom. The number of hydrogen-bond donors (Lipinski definition) is 0. The third-order valence-electron chi connectivity index (χ3n) is 3.68. The van der Waals surface area contributed by atoms with Gasteiger partial charge in [-0.2, -0.15) is 0 Å². The molecule has 6 nitrogen and oxygen atoms in total. The van der Waals surface area contributed by atoms with Gasteiger partial charge in [-0.1, -0.05) is 11.3 Å². The SMILES string of the molecule is CC(C)(C)OC(=O)N1CCc2nc(N3CC(Cl)CC3=O)sc2C1. The van der Waals surface area contributed by atoms with E-state index < -0.39 is 5.60 Å². The van der Waals surface area contributed by atoms with E-state index in [0.717, 1.165) is 10.6 Å². The Labute approximate surface area is 144 Å². The van der Waals surface area contributed by atoms with Gasteiger partial charge in [0.1, 0.15) is 5.60 Å². The van der Waals surface area contributed by atoms with E-state index in [4.69, 9.17) is 16.3 Å². The molecule has 1 saturated heterocycles. The first-order valence-electron chi connectivity index (χ1n) is 7.64. The summed E-state index contributed by atoms with van der Waals surface area (Å²) in [4.78, 5) is 33.1. The monoisotopic (exact) mass is 357 g/mol. The number of anilines is 1. The van der Waals surface area contributed by atoms with Crippen LogP contribution in [0.1, 0.15) is 37.8 Å². The molecule has 1 aromatic heterocycles. The average molecular weight is 358 g/mol. The lowest BCUT2D eigenvalue weighted by Crippen LogP contribution is -2.39. The summed E-state index contributed by atoms with van der Waals surface area (Å²) in [6.07, 6.45) is 0.726. The van der Waals surface area contributed by atoms with Crippen molar-refractivity contribution in [2.75, 3.05) is 18.0 Å². The molecule has 0 saturated carbocycles. The third kappa shape index (κ3) is 3.61. The van der Waals surface area contributed by atoms with Gasteiger partial charge in [0.25, 0.3) is 0 Å². The zero-order valence-electron chi connectivity index (χ0n) is 13.5. The highest BCUT2D eigenvalue weighted by Crippen LogP contribution is 2.33. The first-order chi connectivity index (χ1) is 10.7. The molecular formula is C15H20ClN3O3S. The molecule has 0 aromatic carbocycles. The van der Waals surface area contributed by atoms with Crippen LogP contribution in [-0.4, -0.2) is 46.0 Å². The van der Waals surface area contributed by atoms with Crippen molar-refractivity contribution in [1.82, 2.24) is 9.88 Å². The molecule has 0 radical (unpaired) electrons. The average Bonchev–Trinajstić information content (AvgIpc) is 2.98. The second-order valence-corrected chi connectivity index (χ2v) is 8.50. The molecule has 0 N–H and O–H groups in total. The molecule has 1 unspecified atom stereocenters. The smallest absolute Gasteiger partial charge is 0.410 e. The number of carbonyl (C=O) groups is 2. The van der Waals surface area contributed by atoms with Gasteiger partial charge in [0.15, 0.2) is 5.13 Å². The van der Waals surface area contributed by atoms with E-state index in [1.165, 1.54) is 11.3 Å². The van der Waals surface area contributed by atoms with Gasteiger partial charge in [-0.3, -0.25) is 9.69 Å². The van der Waals surface area contributed by atoms with Crippen molar-refractivity contribution in [2.45, 2.75) is 51.1 Å². The number of alkyl halides is 1. The van der Waals surface area contributed by atoms with Crippen LogP contribution in [0.15, 0.2) is 0 Å². The van der Waals surface area contributed by atoms with Gasteiger partial charge in [0.2, 0.25) is 5.91 Å². The highest BCUT2D eigenvalue weighted by Gasteiger charge is 2.33. The standard InChI is InChI=1S/C15H20ClN3O3S/c1-15(2,3)22-14(21)18-5-4-10-11(8-18)23-13(17-10)19-7-9(16)6-12(19)20/h9H,4-8H2,1-3H3. The zero-order valence-corrected chi connectivity index (χ0v) is 15.0. The maximum atomic E-state index is 12.2. The lowest BCUT2D eigenvalue weighted by Gasteiger charge is -2.29. The van der Waals surface area contributed by atoms with Crippen molar-refractivity contribution in [3.05, 3.63) is 10.6 Å². The molecule has 23 heavy (non-hydrogen) atoms. The molecule has 8 heteroatoms. The number of amides is 2. The van der Waals surface area contributed by atoms with E-state index in [-0.39, 0.29) is 17.4 Å². The molecule has 3 rings (SSSR count). The summed E-state index contributed by atoms with van der Waals surface area (Å²) < 4.78 is 5.42. The summed E-state index contributed by atoms with van der Waals surface area (Å²) in [5.41, 5.74) is 0.462. The number of rotatable bonds is 1. The normalized spacial score (nSPS) is 21.6. The molecular weight excluding hydrogens is 338 g/mol. The topological polar surface area (TPSA) is 62.7 Å². The number of aromatic nitrogens is 1. The highest BCUT2D eigenvalue weighted by molar-refractivity contribution is 7.16. The van der Waals surface area contributed by atoms with Crippen molar-refractivity contribution >= 4 is 40.1 Å². The largest absolute Gasteiger partial charge is 0.444 e. The predicted octanol–water partition coefficient (Wildman–Crippen LogP) is 2.78. The number of halogens is 1. The van der Waals surface area contributed by atoms with Crippen molar-refractivity contribution < 1.29 is 14.3 Å². The van der Waals surface area contributed by atoms with Crippen LogP contribution in [0.2, 0.25) is 0 Å². The Morgan fingerprint density at radius 2 is 2.17 bits per heavy atom. The fourth-order valence-electron chi connectivity index (χ4n) is 2.63. The summed E-state index contributed by atoms with van der Waals surface area (Å²) in [6, 6.07) is 0. The molecule has 126 valence electrons. The predicted molar refractivity (Wildman–Crippen MR) is 89.1 cm³/mol. The van der Waals surface area contributed by atoms with Crippen LogP contribution in [0.4, 0.5) is 9.93 Å². The van der Waals surface area contributed by atoms with E-state index in [1.54, 1.807) is 9.80 Å². The van der Waals surface area contributed by atoms with Gasteiger partial charge in [0.05, 0.1) is 17.6 Å². The van der Waals surface area contributed by atoms with Gasteiger partial charge in [0, 0.05) is 30.8 Å². The second kappa shape index (κ2) is 5.94. The summed E-state index contributed by atoms with van der Waals surface area (Å²) in [5, 5.41) is 0.538. The molecule has 0 spiro atoms. The molecule has 2 aliphatic rings. The Kier molecular flexibility index (Phi) is 4.27. The van der Waals surface area contributed by atoms with E-state index in [0.29, 0.717) is 37.6 Å². The fourth-order valence-corrected chi connectivity index (χ4v) is 4.05. The summed E-state index contributed by atoms with van der Waals surface area (Å²) in [5.74, 6) is 0.0140. The maximum Gasteiger partial charge on any atom is 0.410 e. The van der Waals surface area contributed by atoms with Gasteiger partial charge in [-0.05, 0) is 20.8 Å². The Balaban J connectivity index is 1.72. The van der Waals surface area contributed by atoms with Gasteiger partial charge in [-0.15, -0.1) is 11.6 Å². The Morgan fingerprint density at radius 1 is 1.43 bits per heavy atom. The number of hydrogen-bond acceptors (Lipinski definition) is 5. The molecule has 2 aliphatic heterocycles. The molecule has 1 aromatic rings. The van der Waals surface area contributed by atoms with Crippen molar-refractivity contribution in [3.8, 4) is 0 Å². The maximum absolute atomic E-state index is 12.2. The minimum atomic E-state index is -0.506. The van der Waals surface area contributed by atoms with E-state index in [9.17, 15) is 9.59 Å². The molecule has 1 fully saturated rings. The lowest BCUT2D eigenvalue weighted by atomic mass is 10.2. The molecule has 0 aliphatic carbocycles. The summed E-state index contributed by atoms with van der Waals surface area (Å²) in [7, 11) is 0. The number of carbonyl (C=O) groups excluding carboxylic acids is 2. The lowest BCUT2D eigenvalue weighted by molar-refractivity contribution is -0.117. The number of fused-ring (bicyclic) bond motifs is 1. The van der Waals surface area contributed by atoms with Gasteiger partial charge in [-0.25, -0.2) is 9.78 Å². The van der Waals surface area contributed by atoms with E-state index >= 15 is 0 Å². The van der Waals surface area contributed by atoms with E-state index in [1.807, 2.05) is 20.8 Å². The van der Waals surface area contributed by atoms with Crippen LogP contribution in [0.5, 0.6) is 0 Å². The van der Waals surface area contributed by atoms with Gasteiger partial charge >= 0.3 is 6.09 Å². The van der Waals surface area contributed by atoms with Crippen LogP contribution >= 0.6 is 22.9 Å². The summed E-state index contributed by atoms with van der Waals surface area (Å²) >= 11 is 7.51. The number of thiazole rings is 1. The number of ether oxygens (including phenoxy) is 1. The van der Waals surface area contributed by atoms with Gasteiger partial charge < -0.3 is 9.64 Å². The molecule has 1 atom stereocenters. The molecule has 0 bridgehead atoms. The van der Waals surface area contributed by atoms with Crippen LogP contribution in [0.3, 0.4) is 0 Å². The highest BCUT2D eigenvalue weighted by atomic mass is 35.5. The minimum Gasteiger partial charge on any atom is -0.444 e. The fraction of sp³-hybridized carbons (Fsp3) is 0.667.